The molecule has 1 amide bonds. The van der Waals surface area contributed by atoms with Crippen molar-refractivity contribution in [1.29, 1.82) is 0 Å². The Hall–Kier alpha value is -3.08. The van der Waals surface area contributed by atoms with Crippen LogP contribution in [0.4, 0.5) is 0 Å². The number of para-hydroxylation sites is 1. The zero-order valence-corrected chi connectivity index (χ0v) is 14.4. The van der Waals surface area contributed by atoms with Gasteiger partial charge < -0.3 is 10.5 Å². The van der Waals surface area contributed by atoms with Gasteiger partial charge in [0.2, 0.25) is 0 Å². The van der Waals surface area contributed by atoms with Crippen molar-refractivity contribution in [1.82, 2.24) is 4.57 Å². The summed E-state index contributed by atoms with van der Waals surface area (Å²) in [6, 6.07) is 14.3. The number of nitrogens with two attached hydrogens (primary N) is 1. The Kier molecular flexibility index (Phi) is 4.31. The van der Waals surface area contributed by atoms with Crippen molar-refractivity contribution in [2.75, 3.05) is 0 Å². The minimum Gasteiger partial charge on any atom is -0.491 e. The van der Waals surface area contributed by atoms with Gasteiger partial charge in [0.25, 0.3) is 11.8 Å². The second-order valence-electron chi connectivity index (χ2n) is 6.18. The number of amides is 1. The lowest BCUT2D eigenvalue weighted by Crippen LogP contribution is -2.17. The maximum atomic E-state index is 13.1. The smallest absolute Gasteiger partial charge is 0.262 e. The molecule has 0 aliphatic carbocycles. The van der Waals surface area contributed by atoms with Gasteiger partial charge >= 0.3 is 0 Å². The lowest BCUT2D eigenvalue weighted by Gasteiger charge is -2.12. The number of carbonyl (C=O) groups excluding carboxylic acids is 2. The largest absolute Gasteiger partial charge is 0.491 e. The van der Waals surface area contributed by atoms with E-state index in [0.717, 1.165) is 0 Å². The monoisotopic (exact) mass is 336 g/mol. The van der Waals surface area contributed by atoms with Crippen LogP contribution < -0.4 is 10.5 Å². The summed E-state index contributed by atoms with van der Waals surface area (Å²) in [6.45, 7) is 5.58. The summed E-state index contributed by atoms with van der Waals surface area (Å²) in [6.07, 6.45) is 0.0148. The van der Waals surface area contributed by atoms with Crippen LogP contribution in [0.5, 0.6) is 5.75 Å². The second-order valence-corrected chi connectivity index (χ2v) is 6.18. The topological polar surface area (TPSA) is 74.3 Å². The fraction of sp³-hybridized carbons (Fsp3) is 0.200. The van der Waals surface area contributed by atoms with Crippen LogP contribution in [0, 0.1) is 6.92 Å². The normalized spacial score (nSPS) is 11.0. The van der Waals surface area contributed by atoms with E-state index < -0.39 is 5.91 Å². The van der Waals surface area contributed by atoms with Gasteiger partial charge in [-0.1, -0.05) is 24.3 Å². The first-order valence-electron chi connectivity index (χ1n) is 8.11. The van der Waals surface area contributed by atoms with Crippen LogP contribution >= 0.6 is 0 Å². The van der Waals surface area contributed by atoms with Crippen molar-refractivity contribution in [3.8, 4) is 5.75 Å². The Morgan fingerprint density at radius 1 is 1.08 bits per heavy atom. The first-order valence-corrected chi connectivity index (χ1v) is 8.11. The molecule has 0 bridgehead atoms. The Labute approximate surface area is 146 Å². The lowest BCUT2D eigenvalue weighted by molar-refractivity contribution is 0.0962. The molecule has 1 aromatic heterocycles. The van der Waals surface area contributed by atoms with Crippen LogP contribution in [0.1, 0.15) is 40.3 Å². The third-order valence-corrected chi connectivity index (χ3v) is 4.01. The molecule has 0 radical (unpaired) electrons. The van der Waals surface area contributed by atoms with Crippen molar-refractivity contribution >= 4 is 22.7 Å². The SMILES string of the molecule is Cc1c(C(N)=O)c2ccccc2n1C(=O)c1cccc(OC(C)C)c1. The van der Waals surface area contributed by atoms with Crippen molar-refractivity contribution < 1.29 is 14.3 Å². The van der Waals surface area contributed by atoms with E-state index in [1.54, 1.807) is 37.3 Å². The fourth-order valence-corrected chi connectivity index (χ4v) is 3.04. The third kappa shape index (κ3) is 3.01. The Balaban J connectivity index is 2.15. The molecule has 3 aromatic rings. The molecule has 0 spiro atoms. The highest BCUT2D eigenvalue weighted by Crippen LogP contribution is 2.27. The maximum Gasteiger partial charge on any atom is 0.262 e. The van der Waals surface area contributed by atoms with Crippen molar-refractivity contribution in [3.05, 3.63) is 65.4 Å². The van der Waals surface area contributed by atoms with E-state index in [2.05, 4.69) is 0 Å². The highest BCUT2D eigenvalue weighted by atomic mass is 16.5. The average Bonchev–Trinajstić information content (AvgIpc) is 2.85. The number of aromatic nitrogens is 1. The molecular weight excluding hydrogens is 316 g/mol. The number of hydrogen-bond donors (Lipinski definition) is 1. The van der Waals surface area contributed by atoms with Gasteiger partial charge in [-0.05, 0) is 45.0 Å². The first kappa shape index (κ1) is 16.8. The number of nitrogens with zero attached hydrogens (tertiary/aromatic N) is 1. The quantitative estimate of drug-likeness (QED) is 0.792. The zero-order valence-electron chi connectivity index (χ0n) is 14.4. The van der Waals surface area contributed by atoms with Crippen LogP contribution in [-0.4, -0.2) is 22.5 Å². The van der Waals surface area contributed by atoms with Crippen molar-refractivity contribution in [3.63, 3.8) is 0 Å². The van der Waals surface area contributed by atoms with Gasteiger partial charge in [0.1, 0.15) is 5.75 Å². The molecule has 128 valence electrons. The van der Waals surface area contributed by atoms with E-state index in [1.165, 1.54) is 4.57 Å². The molecule has 1 heterocycles. The minimum absolute atomic E-state index is 0.0148. The van der Waals surface area contributed by atoms with E-state index in [0.29, 0.717) is 33.5 Å². The van der Waals surface area contributed by atoms with Crippen LogP contribution in [0.2, 0.25) is 0 Å². The molecule has 0 fully saturated rings. The molecule has 3 rings (SSSR count). The Morgan fingerprint density at radius 3 is 2.48 bits per heavy atom. The number of ether oxygens (including phenoxy) is 1. The average molecular weight is 336 g/mol. The molecule has 5 heteroatoms. The molecule has 2 aromatic carbocycles. The molecule has 2 N–H and O–H groups in total. The lowest BCUT2D eigenvalue weighted by atomic mass is 10.1. The minimum atomic E-state index is -0.544. The van der Waals surface area contributed by atoms with E-state index in [4.69, 9.17) is 10.5 Å². The number of fused-ring (bicyclic) bond motifs is 1. The third-order valence-electron chi connectivity index (χ3n) is 4.01. The number of benzene rings is 2. The molecule has 0 aliphatic heterocycles. The summed E-state index contributed by atoms with van der Waals surface area (Å²) < 4.78 is 7.20. The summed E-state index contributed by atoms with van der Waals surface area (Å²) in [5.41, 5.74) is 7.58. The highest BCUT2D eigenvalue weighted by molar-refractivity contribution is 6.12. The van der Waals surface area contributed by atoms with Gasteiger partial charge in [0.05, 0.1) is 17.2 Å². The summed E-state index contributed by atoms with van der Waals surface area (Å²) in [5, 5.41) is 0.676. The molecular formula is C20H20N2O3. The standard InChI is InChI=1S/C20H20N2O3/c1-12(2)25-15-8-6-7-14(11-15)20(24)22-13(3)18(19(21)23)16-9-4-5-10-17(16)22/h4-12H,1-3H3,(H2,21,23). The van der Waals surface area contributed by atoms with Gasteiger partial charge in [0, 0.05) is 16.6 Å². The molecule has 5 nitrogen and oxygen atoms in total. The van der Waals surface area contributed by atoms with E-state index in [1.807, 2.05) is 32.0 Å². The predicted octanol–water partition coefficient (Wildman–Crippen LogP) is 3.52. The molecule has 0 unspecified atom stereocenters. The summed E-state index contributed by atoms with van der Waals surface area (Å²) in [5.74, 6) is -0.141. The van der Waals surface area contributed by atoms with Gasteiger partial charge in [-0.2, -0.15) is 0 Å². The maximum absolute atomic E-state index is 13.1. The summed E-state index contributed by atoms with van der Waals surface area (Å²) in [4.78, 5) is 25.0. The zero-order chi connectivity index (χ0) is 18.1. The van der Waals surface area contributed by atoms with Crippen LogP contribution in [0.25, 0.3) is 10.9 Å². The predicted molar refractivity (Wildman–Crippen MR) is 97.1 cm³/mol. The Morgan fingerprint density at radius 2 is 1.80 bits per heavy atom. The molecule has 0 saturated heterocycles. The van der Waals surface area contributed by atoms with Crippen LogP contribution in [0.3, 0.4) is 0 Å². The molecule has 25 heavy (non-hydrogen) atoms. The van der Waals surface area contributed by atoms with E-state index in [-0.39, 0.29) is 12.0 Å². The fourth-order valence-electron chi connectivity index (χ4n) is 3.04. The molecule has 0 saturated carbocycles. The van der Waals surface area contributed by atoms with E-state index in [9.17, 15) is 9.59 Å². The molecule has 0 aliphatic rings. The summed E-state index contributed by atoms with van der Waals surface area (Å²) in [7, 11) is 0. The number of carbonyl (C=O) groups is 2. The van der Waals surface area contributed by atoms with Gasteiger partial charge in [-0.3, -0.25) is 14.2 Å². The second kappa shape index (κ2) is 6.43. The Bertz CT molecular complexity index is 970. The van der Waals surface area contributed by atoms with E-state index >= 15 is 0 Å². The summed E-state index contributed by atoms with van der Waals surface area (Å²) >= 11 is 0. The van der Waals surface area contributed by atoms with Crippen LogP contribution in [-0.2, 0) is 0 Å². The highest BCUT2D eigenvalue weighted by Gasteiger charge is 2.22. The first-order chi connectivity index (χ1) is 11.9. The number of rotatable bonds is 4. The van der Waals surface area contributed by atoms with Crippen molar-refractivity contribution in [2.45, 2.75) is 26.9 Å². The molecule has 0 atom stereocenters. The van der Waals surface area contributed by atoms with Gasteiger partial charge in [-0.15, -0.1) is 0 Å². The number of primary amides is 1. The van der Waals surface area contributed by atoms with Gasteiger partial charge in [-0.25, -0.2) is 0 Å². The van der Waals surface area contributed by atoms with Crippen LogP contribution in [0.15, 0.2) is 48.5 Å². The van der Waals surface area contributed by atoms with Crippen molar-refractivity contribution in [2.24, 2.45) is 5.73 Å². The number of hydrogen-bond acceptors (Lipinski definition) is 3. The van der Waals surface area contributed by atoms with Gasteiger partial charge in [0.15, 0.2) is 0 Å².